The van der Waals surface area contributed by atoms with E-state index in [2.05, 4.69) is 0 Å². The van der Waals surface area contributed by atoms with E-state index >= 15 is 0 Å². The van der Waals surface area contributed by atoms with Crippen LogP contribution in [-0.2, 0) is 0 Å². The maximum absolute atomic E-state index is 11.2. The number of halogens is 2. The molecule has 1 aromatic carbocycles. The van der Waals surface area contributed by atoms with Gasteiger partial charge in [0.05, 0.1) is 10.6 Å². The maximum atomic E-state index is 11.2. The molecule has 14 heavy (non-hydrogen) atoms. The lowest BCUT2D eigenvalue weighted by atomic mass is 10.0. The second-order valence-electron chi connectivity index (χ2n) is 3.49. The summed E-state index contributed by atoms with van der Waals surface area (Å²) in [4.78, 5) is 11.2. The van der Waals surface area contributed by atoms with Crippen molar-refractivity contribution in [1.29, 1.82) is 0 Å². The zero-order chi connectivity index (χ0) is 10.3. The average molecular weight is 230 g/mol. The molecule has 4 heteroatoms. The van der Waals surface area contributed by atoms with Crippen LogP contribution in [0.5, 0.6) is 0 Å². The zero-order valence-corrected chi connectivity index (χ0v) is 8.90. The van der Waals surface area contributed by atoms with Gasteiger partial charge < -0.3 is 5.73 Å². The van der Waals surface area contributed by atoms with E-state index in [0.717, 1.165) is 18.4 Å². The van der Waals surface area contributed by atoms with E-state index in [0.29, 0.717) is 21.5 Å². The molecule has 2 N–H and O–H groups in total. The molecule has 0 aliphatic heterocycles. The molecule has 0 unspecified atom stereocenters. The molecule has 0 aromatic heterocycles. The number of nitrogens with two attached hydrogens (primary N) is 1. The van der Waals surface area contributed by atoms with Crippen LogP contribution in [-0.4, -0.2) is 5.91 Å². The first kappa shape index (κ1) is 9.81. The third-order valence-corrected chi connectivity index (χ3v) is 2.87. The molecule has 0 spiro atoms. The lowest BCUT2D eigenvalue weighted by Crippen LogP contribution is -2.14. The smallest absolute Gasteiger partial charge is 0.250 e. The van der Waals surface area contributed by atoms with E-state index in [1.165, 1.54) is 0 Å². The van der Waals surface area contributed by atoms with Crippen molar-refractivity contribution in [2.75, 3.05) is 0 Å². The standard InChI is InChI=1S/C10H9Cl2NO/c11-6-3-7(5-1-2-5)9(10(13)14)8(12)4-6/h3-5H,1-2H2,(H2,13,14). The summed E-state index contributed by atoms with van der Waals surface area (Å²) >= 11 is 11.8. The van der Waals surface area contributed by atoms with E-state index in [4.69, 9.17) is 28.9 Å². The van der Waals surface area contributed by atoms with Crippen molar-refractivity contribution in [3.05, 3.63) is 33.3 Å². The molecular formula is C10H9Cl2NO. The van der Waals surface area contributed by atoms with Gasteiger partial charge in [0.15, 0.2) is 0 Å². The highest BCUT2D eigenvalue weighted by Crippen LogP contribution is 2.44. The molecule has 2 nitrogen and oxygen atoms in total. The van der Waals surface area contributed by atoms with Gasteiger partial charge in [-0.05, 0) is 36.5 Å². The molecule has 0 saturated heterocycles. The molecule has 1 aliphatic carbocycles. The number of carbonyl (C=O) groups is 1. The summed E-state index contributed by atoms with van der Waals surface area (Å²) < 4.78 is 0. The largest absolute Gasteiger partial charge is 0.366 e. The van der Waals surface area contributed by atoms with Gasteiger partial charge in [-0.25, -0.2) is 0 Å². The summed E-state index contributed by atoms with van der Waals surface area (Å²) in [6.45, 7) is 0. The number of rotatable bonds is 2. The van der Waals surface area contributed by atoms with E-state index in [1.54, 1.807) is 12.1 Å². The van der Waals surface area contributed by atoms with E-state index in [1.807, 2.05) is 0 Å². The molecule has 2 rings (SSSR count). The monoisotopic (exact) mass is 229 g/mol. The molecular weight excluding hydrogens is 221 g/mol. The van der Waals surface area contributed by atoms with E-state index in [9.17, 15) is 4.79 Å². The molecule has 1 fully saturated rings. The molecule has 1 amide bonds. The summed E-state index contributed by atoms with van der Waals surface area (Å²) in [5.74, 6) is -0.0673. The number of carbonyl (C=O) groups excluding carboxylic acids is 1. The summed E-state index contributed by atoms with van der Waals surface area (Å²) in [5, 5.41) is 0.911. The van der Waals surface area contributed by atoms with Crippen molar-refractivity contribution < 1.29 is 4.79 Å². The first-order valence-electron chi connectivity index (χ1n) is 4.38. The van der Waals surface area contributed by atoms with Gasteiger partial charge >= 0.3 is 0 Å². The Balaban J connectivity index is 2.58. The minimum absolute atomic E-state index is 0.354. The van der Waals surface area contributed by atoms with Gasteiger partial charge in [0.2, 0.25) is 0 Å². The van der Waals surface area contributed by atoms with Crippen molar-refractivity contribution in [1.82, 2.24) is 0 Å². The number of amides is 1. The number of primary amides is 1. The molecule has 0 radical (unpaired) electrons. The number of hydrogen-bond donors (Lipinski definition) is 1. The summed E-state index contributed by atoms with van der Waals surface area (Å²) in [6, 6.07) is 3.33. The van der Waals surface area contributed by atoms with E-state index in [-0.39, 0.29) is 0 Å². The molecule has 0 bridgehead atoms. The van der Waals surface area contributed by atoms with Crippen LogP contribution in [0.25, 0.3) is 0 Å². The topological polar surface area (TPSA) is 43.1 Å². The van der Waals surface area contributed by atoms with Crippen LogP contribution in [0, 0.1) is 0 Å². The van der Waals surface area contributed by atoms with Crippen LogP contribution in [0.4, 0.5) is 0 Å². The fourth-order valence-corrected chi connectivity index (χ4v) is 2.17. The molecule has 1 aliphatic rings. The Morgan fingerprint density at radius 1 is 1.36 bits per heavy atom. The highest BCUT2D eigenvalue weighted by atomic mass is 35.5. The summed E-state index contributed by atoms with van der Waals surface area (Å²) in [5.41, 5.74) is 6.59. The van der Waals surface area contributed by atoms with Crippen molar-refractivity contribution >= 4 is 29.1 Å². The predicted octanol–water partition coefficient (Wildman–Crippen LogP) is 2.97. The highest BCUT2D eigenvalue weighted by molar-refractivity contribution is 6.37. The summed E-state index contributed by atoms with van der Waals surface area (Å²) in [7, 11) is 0. The van der Waals surface area contributed by atoms with Gasteiger partial charge in [0.25, 0.3) is 5.91 Å². The first-order chi connectivity index (χ1) is 6.59. The van der Waals surface area contributed by atoms with Gasteiger partial charge in [0.1, 0.15) is 0 Å². The van der Waals surface area contributed by atoms with Crippen LogP contribution >= 0.6 is 23.2 Å². The van der Waals surface area contributed by atoms with Gasteiger partial charge in [-0.3, -0.25) is 4.79 Å². The minimum Gasteiger partial charge on any atom is -0.366 e. The predicted molar refractivity (Wildman–Crippen MR) is 57.0 cm³/mol. The number of benzene rings is 1. The second kappa shape index (κ2) is 3.44. The Morgan fingerprint density at radius 2 is 2.00 bits per heavy atom. The molecule has 1 aromatic rings. The third kappa shape index (κ3) is 1.72. The Hall–Kier alpha value is -0.730. The van der Waals surface area contributed by atoms with Crippen molar-refractivity contribution in [2.45, 2.75) is 18.8 Å². The van der Waals surface area contributed by atoms with Crippen molar-refractivity contribution in [3.63, 3.8) is 0 Å². The second-order valence-corrected chi connectivity index (χ2v) is 4.33. The van der Waals surface area contributed by atoms with E-state index < -0.39 is 5.91 Å². The average Bonchev–Trinajstić information content (AvgIpc) is 2.82. The number of hydrogen-bond acceptors (Lipinski definition) is 1. The lowest BCUT2D eigenvalue weighted by Gasteiger charge is -2.08. The SMILES string of the molecule is NC(=O)c1c(Cl)cc(Cl)cc1C1CC1. The van der Waals surface area contributed by atoms with Crippen LogP contribution in [0.2, 0.25) is 10.0 Å². The molecule has 0 atom stereocenters. The zero-order valence-electron chi connectivity index (χ0n) is 7.39. The van der Waals surface area contributed by atoms with Gasteiger partial charge in [-0.15, -0.1) is 0 Å². The van der Waals surface area contributed by atoms with Crippen molar-refractivity contribution in [2.24, 2.45) is 5.73 Å². The van der Waals surface area contributed by atoms with Crippen LogP contribution in [0.3, 0.4) is 0 Å². The fraction of sp³-hybridized carbons (Fsp3) is 0.300. The van der Waals surface area contributed by atoms with Crippen LogP contribution in [0.1, 0.15) is 34.7 Å². The normalized spacial score (nSPS) is 15.6. The van der Waals surface area contributed by atoms with Crippen LogP contribution < -0.4 is 5.73 Å². The molecule has 1 saturated carbocycles. The highest BCUT2D eigenvalue weighted by Gasteiger charge is 2.29. The van der Waals surface area contributed by atoms with Gasteiger partial charge in [-0.2, -0.15) is 0 Å². The minimum atomic E-state index is -0.478. The third-order valence-electron chi connectivity index (χ3n) is 2.35. The van der Waals surface area contributed by atoms with Crippen LogP contribution in [0.15, 0.2) is 12.1 Å². The Labute approximate surface area is 92.0 Å². The van der Waals surface area contributed by atoms with Gasteiger partial charge in [0, 0.05) is 5.02 Å². The quantitative estimate of drug-likeness (QED) is 0.833. The fourth-order valence-electron chi connectivity index (χ4n) is 1.57. The lowest BCUT2D eigenvalue weighted by molar-refractivity contribution is 0.0999. The Bertz CT molecular complexity index is 399. The molecule has 74 valence electrons. The maximum Gasteiger partial charge on any atom is 0.250 e. The first-order valence-corrected chi connectivity index (χ1v) is 5.14. The summed E-state index contributed by atoms with van der Waals surface area (Å²) in [6.07, 6.45) is 2.16. The Kier molecular flexibility index (Phi) is 2.41. The van der Waals surface area contributed by atoms with Gasteiger partial charge in [-0.1, -0.05) is 23.2 Å². The Morgan fingerprint density at radius 3 is 2.50 bits per heavy atom. The van der Waals surface area contributed by atoms with Crippen molar-refractivity contribution in [3.8, 4) is 0 Å². The molecule has 0 heterocycles.